The smallest absolute Gasteiger partial charge is 0.267 e. The lowest BCUT2D eigenvalue weighted by Gasteiger charge is -2.10. The number of rotatable bonds is 3. The summed E-state index contributed by atoms with van der Waals surface area (Å²) in [4.78, 5) is 4.03. The van der Waals surface area contributed by atoms with Crippen LogP contribution in [0.1, 0.15) is 24.7 Å². The average Bonchev–Trinajstić information content (AvgIpc) is 2.65. The predicted molar refractivity (Wildman–Crippen MR) is 54.5 cm³/mol. The second-order valence-corrected chi connectivity index (χ2v) is 3.40. The molecule has 0 saturated carbocycles. The van der Waals surface area contributed by atoms with E-state index in [0.717, 1.165) is 0 Å². The molecule has 1 atom stereocenters. The maximum atomic E-state index is 12.9. The van der Waals surface area contributed by atoms with Crippen LogP contribution >= 0.6 is 0 Å². The number of aromatic nitrogens is 2. The first-order chi connectivity index (χ1) is 7.65. The summed E-state index contributed by atoms with van der Waals surface area (Å²) in [6.45, 7) is 3.49. The highest BCUT2D eigenvalue weighted by molar-refractivity contribution is 5.22. The van der Waals surface area contributed by atoms with Crippen molar-refractivity contribution in [2.75, 3.05) is 0 Å². The third-order valence-corrected chi connectivity index (χ3v) is 2.00. The average molecular weight is 222 g/mol. The summed E-state index contributed by atoms with van der Waals surface area (Å²) in [5.41, 5.74) is 0. The maximum Gasteiger partial charge on any atom is 0.267 e. The van der Waals surface area contributed by atoms with E-state index >= 15 is 0 Å². The number of aryl methyl sites for hydroxylation is 1. The summed E-state index contributed by atoms with van der Waals surface area (Å²) in [6, 6.07) is 5.91. The van der Waals surface area contributed by atoms with Gasteiger partial charge in [-0.2, -0.15) is 4.98 Å². The Bertz CT molecular complexity index is 484. The van der Waals surface area contributed by atoms with Crippen molar-refractivity contribution in [1.82, 2.24) is 10.1 Å². The van der Waals surface area contributed by atoms with E-state index in [1.165, 1.54) is 12.1 Å². The topological polar surface area (TPSA) is 48.2 Å². The summed E-state index contributed by atoms with van der Waals surface area (Å²) in [7, 11) is 0. The van der Waals surface area contributed by atoms with Crippen LogP contribution in [-0.4, -0.2) is 10.1 Å². The quantitative estimate of drug-likeness (QED) is 0.801. The van der Waals surface area contributed by atoms with Gasteiger partial charge in [-0.3, -0.25) is 0 Å². The molecule has 1 heterocycles. The highest BCUT2D eigenvalue weighted by Gasteiger charge is 2.14. The van der Waals surface area contributed by atoms with E-state index in [9.17, 15) is 4.39 Å². The van der Waals surface area contributed by atoms with E-state index in [4.69, 9.17) is 9.26 Å². The van der Waals surface area contributed by atoms with Crippen LogP contribution in [0.4, 0.5) is 4.39 Å². The Morgan fingerprint density at radius 3 is 2.88 bits per heavy atom. The molecule has 0 N–H and O–H groups in total. The van der Waals surface area contributed by atoms with Crippen molar-refractivity contribution in [3.8, 4) is 5.75 Å². The maximum absolute atomic E-state index is 12.9. The molecule has 5 heteroatoms. The first kappa shape index (κ1) is 10.6. The van der Waals surface area contributed by atoms with Crippen LogP contribution in [0.5, 0.6) is 5.75 Å². The third kappa shape index (κ3) is 2.36. The Morgan fingerprint density at radius 1 is 1.44 bits per heavy atom. The number of hydrogen-bond acceptors (Lipinski definition) is 4. The number of benzene rings is 1. The highest BCUT2D eigenvalue weighted by atomic mass is 19.1. The predicted octanol–water partition coefficient (Wildman–Crippen LogP) is 2.66. The second kappa shape index (κ2) is 4.30. The van der Waals surface area contributed by atoms with Crippen LogP contribution in [0, 0.1) is 12.7 Å². The van der Waals surface area contributed by atoms with Gasteiger partial charge >= 0.3 is 0 Å². The SMILES string of the molecule is Cc1noc(C(C)Oc2cccc(F)c2)n1. The van der Waals surface area contributed by atoms with Crippen LogP contribution in [-0.2, 0) is 0 Å². The molecule has 2 aromatic rings. The van der Waals surface area contributed by atoms with Crippen molar-refractivity contribution in [2.45, 2.75) is 20.0 Å². The van der Waals surface area contributed by atoms with E-state index in [0.29, 0.717) is 17.5 Å². The first-order valence-electron chi connectivity index (χ1n) is 4.87. The Morgan fingerprint density at radius 2 is 2.25 bits per heavy atom. The zero-order valence-corrected chi connectivity index (χ0v) is 8.98. The molecular formula is C11H11FN2O2. The molecule has 0 bridgehead atoms. The van der Waals surface area contributed by atoms with E-state index < -0.39 is 6.10 Å². The molecule has 4 nitrogen and oxygen atoms in total. The van der Waals surface area contributed by atoms with E-state index in [1.54, 1.807) is 26.0 Å². The second-order valence-electron chi connectivity index (χ2n) is 3.40. The van der Waals surface area contributed by atoms with Crippen LogP contribution in [0.2, 0.25) is 0 Å². The zero-order valence-electron chi connectivity index (χ0n) is 8.98. The van der Waals surface area contributed by atoms with E-state index in [2.05, 4.69) is 10.1 Å². The van der Waals surface area contributed by atoms with Gasteiger partial charge < -0.3 is 9.26 Å². The Kier molecular flexibility index (Phi) is 2.85. The fraction of sp³-hybridized carbons (Fsp3) is 0.273. The van der Waals surface area contributed by atoms with Gasteiger partial charge in [0.05, 0.1) is 0 Å². The normalized spacial score (nSPS) is 12.4. The van der Waals surface area contributed by atoms with Gasteiger partial charge in [-0.1, -0.05) is 11.2 Å². The minimum absolute atomic E-state index is 0.341. The molecule has 0 saturated heterocycles. The third-order valence-electron chi connectivity index (χ3n) is 2.00. The van der Waals surface area contributed by atoms with Gasteiger partial charge in [0.15, 0.2) is 11.9 Å². The van der Waals surface area contributed by atoms with Crippen LogP contribution < -0.4 is 4.74 Å². The molecule has 0 aliphatic carbocycles. The lowest BCUT2D eigenvalue weighted by atomic mass is 10.3. The molecule has 1 unspecified atom stereocenters. The molecule has 0 aliphatic heterocycles. The summed E-state index contributed by atoms with van der Waals surface area (Å²) >= 11 is 0. The molecule has 0 spiro atoms. The summed E-state index contributed by atoms with van der Waals surface area (Å²) in [6.07, 6.45) is -0.400. The minimum atomic E-state index is -0.400. The monoisotopic (exact) mass is 222 g/mol. The van der Waals surface area contributed by atoms with Crippen molar-refractivity contribution in [2.24, 2.45) is 0 Å². The number of hydrogen-bond donors (Lipinski definition) is 0. The fourth-order valence-electron chi connectivity index (χ4n) is 1.27. The van der Waals surface area contributed by atoms with E-state index in [-0.39, 0.29) is 5.82 Å². The number of nitrogens with zero attached hydrogens (tertiary/aromatic N) is 2. The lowest BCUT2D eigenvalue weighted by Crippen LogP contribution is -2.03. The summed E-state index contributed by atoms with van der Waals surface area (Å²) < 4.78 is 23.3. The molecule has 0 fully saturated rings. The van der Waals surface area contributed by atoms with Gasteiger partial charge in [0.25, 0.3) is 5.89 Å². The van der Waals surface area contributed by atoms with Crippen LogP contribution in [0.25, 0.3) is 0 Å². The minimum Gasteiger partial charge on any atom is -0.481 e. The number of ether oxygens (including phenoxy) is 1. The molecule has 16 heavy (non-hydrogen) atoms. The molecular weight excluding hydrogens is 211 g/mol. The van der Waals surface area contributed by atoms with Crippen molar-refractivity contribution >= 4 is 0 Å². The van der Waals surface area contributed by atoms with Crippen molar-refractivity contribution in [1.29, 1.82) is 0 Å². The molecule has 0 radical (unpaired) electrons. The lowest BCUT2D eigenvalue weighted by molar-refractivity contribution is 0.175. The van der Waals surface area contributed by atoms with Gasteiger partial charge in [0, 0.05) is 6.07 Å². The molecule has 0 aliphatic rings. The number of halogens is 1. The Labute approximate surface area is 92.0 Å². The van der Waals surface area contributed by atoms with Crippen molar-refractivity contribution in [3.63, 3.8) is 0 Å². The van der Waals surface area contributed by atoms with Crippen molar-refractivity contribution in [3.05, 3.63) is 41.8 Å². The highest BCUT2D eigenvalue weighted by Crippen LogP contribution is 2.20. The molecule has 1 aromatic carbocycles. The van der Waals surface area contributed by atoms with Gasteiger partial charge in [0.2, 0.25) is 0 Å². The van der Waals surface area contributed by atoms with Crippen molar-refractivity contribution < 1.29 is 13.7 Å². The van der Waals surface area contributed by atoms with Crippen LogP contribution in [0.15, 0.2) is 28.8 Å². The molecule has 2 rings (SSSR count). The fourth-order valence-corrected chi connectivity index (χ4v) is 1.27. The first-order valence-corrected chi connectivity index (χ1v) is 4.87. The molecule has 1 aromatic heterocycles. The van der Waals surface area contributed by atoms with Gasteiger partial charge in [-0.05, 0) is 26.0 Å². The van der Waals surface area contributed by atoms with E-state index in [1.807, 2.05) is 0 Å². The molecule has 0 amide bonds. The summed E-state index contributed by atoms with van der Waals surface area (Å²) in [5, 5.41) is 3.66. The molecule has 84 valence electrons. The van der Waals surface area contributed by atoms with Crippen LogP contribution in [0.3, 0.4) is 0 Å². The Balaban J connectivity index is 2.10. The Hall–Kier alpha value is -1.91. The zero-order chi connectivity index (χ0) is 11.5. The van der Waals surface area contributed by atoms with Gasteiger partial charge in [-0.25, -0.2) is 4.39 Å². The standard InChI is InChI=1S/C11H11FN2O2/c1-7(11-13-8(2)14-16-11)15-10-5-3-4-9(12)6-10/h3-7H,1-2H3. The van der Waals surface area contributed by atoms with Gasteiger partial charge in [0.1, 0.15) is 11.6 Å². The largest absolute Gasteiger partial charge is 0.481 e. The summed E-state index contributed by atoms with van der Waals surface area (Å²) in [5.74, 6) is 1.02. The van der Waals surface area contributed by atoms with Gasteiger partial charge in [-0.15, -0.1) is 0 Å².